The summed E-state index contributed by atoms with van der Waals surface area (Å²) in [4.78, 5) is 11.8. The Hall–Kier alpha value is -1.61. The van der Waals surface area contributed by atoms with Gasteiger partial charge in [-0.05, 0) is 6.92 Å². The Morgan fingerprint density at radius 3 is 2.62 bits per heavy atom. The van der Waals surface area contributed by atoms with Crippen LogP contribution in [0.2, 0.25) is 5.02 Å². The van der Waals surface area contributed by atoms with Crippen LogP contribution in [-0.2, 0) is 6.54 Å². The van der Waals surface area contributed by atoms with Crippen molar-refractivity contribution >= 4 is 17.4 Å². The van der Waals surface area contributed by atoms with E-state index in [1.54, 1.807) is 23.0 Å². The first-order valence-corrected chi connectivity index (χ1v) is 5.32. The minimum absolute atomic E-state index is 0.0276. The molecule has 0 bridgehead atoms. The lowest BCUT2D eigenvalue weighted by Gasteiger charge is -2.00. The molecular weight excluding hydrogens is 224 g/mol. The quantitative estimate of drug-likeness (QED) is 0.766. The number of hydrogen-bond donors (Lipinski definition) is 0. The number of aromatic nitrogens is 2. The Morgan fingerprint density at radius 2 is 2.06 bits per heavy atom. The molecule has 2 aromatic rings. The van der Waals surface area contributed by atoms with Crippen LogP contribution in [0.5, 0.6) is 0 Å². The zero-order chi connectivity index (χ0) is 11.5. The molecular formula is C12H11ClN2O. The third-order valence-corrected chi connectivity index (χ3v) is 2.66. The van der Waals surface area contributed by atoms with Crippen LogP contribution in [0.25, 0.3) is 0 Å². The number of Topliss-reactive ketones (excluding diaryl/α,β-unsaturated/α-hetero) is 1. The van der Waals surface area contributed by atoms with E-state index >= 15 is 0 Å². The van der Waals surface area contributed by atoms with Crippen molar-refractivity contribution in [2.75, 3.05) is 0 Å². The molecule has 0 atom stereocenters. The number of nitrogens with zero attached hydrogens (tertiary/aromatic N) is 2. The summed E-state index contributed by atoms with van der Waals surface area (Å²) in [6, 6.07) is 9.15. The number of halogens is 1. The SMILES string of the molecule is Cc1nn(CC(=O)c2ccccc2)cc1Cl. The van der Waals surface area contributed by atoms with Crippen molar-refractivity contribution in [1.29, 1.82) is 0 Å². The summed E-state index contributed by atoms with van der Waals surface area (Å²) in [5.74, 6) is 0.0276. The molecule has 1 heterocycles. The van der Waals surface area contributed by atoms with Gasteiger partial charge in [-0.3, -0.25) is 9.48 Å². The largest absolute Gasteiger partial charge is 0.292 e. The van der Waals surface area contributed by atoms with Gasteiger partial charge in [0.25, 0.3) is 0 Å². The number of benzene rings is 1. The predicted molar refractivity (Wildman–Crippen MR) is 62.7 cm³/mol. The molecule has 0 aliphatic carbocycles. The van der Waals surface area contributed by atoms with E-state index in [2.05, 4.69) is 5.10 Å². The van der Waals surface area contributed by atoms with Gasteiger partial charge in [0.05, 0.1) is 10.7 Å². The van der Waals surface area contributed by atoms with Gasteiger partial charge in [0.2, 0.25) is 0 Å². The van der Waals surface area contributed by atoms with E-state index in [0.29, 0.717) is 10.6 Å². The summed E-state index contributed by atoms with van der Waals surface area (Å²) in [5, 5.41) is 4.72. The standard InChI is InChI=1S/C12H11ClN2O/c1-9-11(13)7-15(14-9)8-12(16)10-5-3-2-4-6-10/h2-7H,8H2,1H3. The van der Waals surface area contributed by atoms with Crippen LogP contribution in [-0.4, -0.2) is 15.6 Å². The Balaban J connectivity index is 2.14. The fraction of sp³-hybridized carbons (Fsp3) is 0.167. The second-order valence-electron chi connectivity index (χ2n) is 3.55. The molecule has 0 saturated carbocycles. The second-order valence-corrected chi connectivity index (χ2v) is 3.96. The molecule has 0 saturated heterocycles. The zero-order valence-electron chi connectivity index (χ0n) is 8.85. The van der Waals surface area contributed by atoms with Gasteiger partial charge in [-0.2, -0.15) is 5.10 Å². The van der Waals surface area contributed by atoms with Crippen molar-refractivity contribution in [2.45, 2.75) is 13.5 Å². The van der Waals surface area contributed by atoms with Crippen LogP contribution in [0.15, 0.2) is 36.5 Å². The molecule has 1 aromatic heterocycles. The van der Waals surface area contributed by atoms with Gasteiger partial charge in [0.1, 0.15) is 6.54 Å². The molecule has 82 valence electrons. The van der Waals surface area contributed by atoms with Crippen LogP contribution in [0.1, 0.15) is 16.1 Å². The van der Waals surface area contributed by atoms with Crippen LogP contribution >= 0.6 is 11.6 Å². The van der Waals surface area contributed by atoms with Gasteiger partial charge in [-0.1, -0.05) is 41.9 Å². The zero-order valence-corrected chi connectivity index (χ0v) is 9.61. The van der Waals surface area contributed by atoms with Gasteiger partial charge in [0.15, 0.2) is 5.78 Å². The fourth-order valence-electron chi connectivity index (χ4n) is 1.44. The molecule has 4 heteroatoms. The highest BCUT2D eigenvalue weighted by Crippen LogP contribution is 2.12. The van der Waals surface area contributed by atoms with Gasteiger partial charge < -0.3 is 0 Å². The molecule has 3 nitrogen and oxygen atoms in total. The molecule has 1 aromatic carbocycles. The van der Waals surface area contributed by atoms with Gasteiger partial charge in [-0.15, -0.1) is 0 Å². The topological polar surface area (TPSA) is 34.9 Å². The van der Waals surface area contributed by atoms with Gasteiger partial charge >= 0.3 is 0 Å². The first kappa shape index (κ1) is 10.9. The number of ketones is 1. The molecule has 2 rings (SSSR count). The molecule has 0 N–H and O–H groups in total. The Bertz CT molecular complexity index is 485. The number of aryl methyl sites for hydroxylation is 1. The van der Waals surface area contributed by atoms with Crippen LogP contribution < -0.4 is 0 Å². The second kappa shape index (κ2) is 4.49. The molecule has 0 amide bonds. The number of rotatable bonds is 3. The molecule has 0 fully saturated rings. The number of hydrogen-bond acceptors (Lipinski definition) is 2. The maximum Gasteiger partial charge on any atom is 0.184 e. The smallest absolute Gasteiger partial charge is 0.184 e. The Morgan fingerprint density at radius 1 is 1.38 bits per heavy atom. The number of carbonyl (C=O) groups is 1. The fourth-order valence-corrected chi connectivity index (χ4v) is 1.59. The summed E-state index contributed by atoms with van der Waals surface area (Å²) in [7, 11) is 0. The van der Waals surface area contributed by atoms with E-state index in [-0.39, 0.29) is 12.3 Å². The molecule has 0 spiro atoms. The third kappa shape index (κ3) is 2.31. The van der Waals surface area contributed by atoms with Crippen LogP contribution in [0, 0.1) is 6.92 Å². The highest BCUT2D eigenvalue weighted by atomic mass is 35.5. The van der Waals surface area contributed by atoms with E-state index in [1.165, 1.54) is 0 Å². The maximum absolute atomic E-state index is 11.8. The van der Waals surface area contributed by atoms with Crippen molar-refractivity contribution < 1.29 is 4.79 Å². The predicted octanol–water partition coefficient (Wildman–Crippen LogP) is 2.73. The first-order chi connectivity index (χ1) is 7.66. The average molecular weight is 235 g/mol. The lowest BCUT2D eigenvalue weighted by Crippen LogP contribution is -2.10. The minimum Gasteiger partial charge on any atom is -0.292 e. The highest BCUT2D eigenvalue weighted by molar-refractivity contribution is 6.31. The van der Waals surface area contributed by atoms with Crippen molar-refractivity contribution in [3.05, 3.63) is 52.8 Å². The first-order valence-electron chi connectivity index (χ1n) is 4.94. The van der Waals surface area contributed by atoms with Crippen molar-refractivity contribution in [2.24, 2.45) is 0 Å². The number of carbonyl (C=O) groups excluding carboxylic acids is 1. The normalized spacial score (nSPS) is 10.4. The van der Waals surface area contributed by atoms with Crippen LogP contribution in [0.4, 0.5) is 0 Å². The molecule has 0 aliphatic heterocycles. The van der Waals surface area contributed by atoms with E-state index in [4.69, 9.17) is 11.6 Å². The summed E-state index contributed by atoms with van der Waals surface area (Å²) in [6.45, 7) is 2.03. The van der Waals surface area contributed by atoms with E-state index in [9.17, 15) is 4.79 Å². The summed E-state index contributed by atoms with van der Waals surface area (Å²) in [5.41, 5.74) is 1.43. The average Bonchev–Trinajstić information content (AvgIpc) is 2.59. The van der Waals surface area contributed by atoms with E-state index in [1.807, 2.05) is 25.1 Å². The van der Waals surface area contributed by atoms with Gasteiger partial charge in [-0.25, -0.2) is 0 Å². The van der Waals surface area contributed by atoms with E-state index < -0.39 is 0 Å². The molecule has 0 aliphatic rings. The van der Waals surface area contributed by atoms with Crippen LogP contribution in [0.3, 0.4) is 0 Å². The van der Waals surface area contributed by atoms with Crippen molar-refractivity contribution in [1.82, 2.24) is 9.78 Å². The maximum atomic E-state index is 11.8. The van der Waals surface area contributed by atoms with Gasteiger partial charge in [0, 0.05) is 11.8 Å². The summed E-state index contributed by atoms with van der Waals surface area (Å²) < 4.78 is 1.56. The monoisotopic (exact) mass is 234 g/mol. The minimum atomic E-state index is 0.0276. The summed E-state index contributed by atoms with van der Waals surface area (Å²) in [6.07, 6.45) is 1.66. The van der Waals surface area contributed by atoms with Crippen molar-refractivity contribution in [3.8, 4) is 0 Å². The summed E-state index contributed by atoms with van der Waals surface area (Å²) >= 11 is 5.86. The lowest BCUT2D eigenvalue weighted by molar-refractivity contribution is 0.0967. The van der Waals surface area contributed by atoms with E-state index in [0.717, 1.165) is 5.69 Å². The third-order valence-electron chi connectivity index (χ3n) is 2.29. The Labute approximate surface area is 98.7 Å². The van der Waals surface area contributed by atoms with Crippen molar-refractivity contribution in [3.63, 3.8) is 0 Å². The molecule has 0 unspecified atom stereocenters. The Kier molecular flexibility index (Phi) is 3.06. The molecule has 0 radical (unpaired) electrons. The molecule has 16 heavy (non-hydrogen) atoms. The highest BCUT2D eigenvalue weighted by Gasteiger charge is 2.08. The lowest BCUT2D eigenvalue weighted by atomic mass is 10.1.